The van der Waals surface area contributed by atoms with Crippen LogP contribution in [0.3, 0.4) is 0 Å². The highest BCUT2D eigenvalue weighted by Gasteiger charge is 2.39. The van der Waals surface area contributed by atoms with Crippen molar-refractivity contribution in [3.05, 3.63) is 17.5 Å². The van der Waals surface area contributed by atoms with Crippen molar-refractivity contribution in [1.82, 2.24) is 15.0 Å². The molecule has 6 heteroatoms. The molecule has 0 radical (unpaired) electrons. The lowest BCUT2D eigenvalue weighted by molar-refractivity contribution is 0.0102. The van der Waals surface area contributed by atoms with Crippen LogP contribution in [-0.4, -0.2) is 66.3 Å². The molecule has 1 amide bonds. The monoisotopic (exact) mass is 335 g/mol. The van der Waals surface area contributed by atoms with E-state index in [9.17, 15) is 4.79 Å². The van der Waals surface area contributed by atoms with Gasteiger partial charge in [0.25, 0.3) is 5.91 Å². The van der Waals surface area contributed by atoms with E-state index < -0.39 is 0 Å². The van der Waals surface area contributed by atoms with E-state index in [-0.39, 0.29) is 11.3 Å². The molecule has 0 spiro atoms. The fraction of sp³-hybridized carbons (Fsp3) is 0.778. The van der Waals surface area contributed by atoms with Gasteiger partial charge in [0, 0.05) is 43.7 Å². The molecule has 0 N–H and O–H groups in total. The fourth-order valence-electron chi connectivity index (χ4n) is 3.64. The summed E-state index contributed by atoms with van der Waals surface area (Å²) >= 11 is 0. The number of hydrogen-bond acceptors (Lipinski definition) is 5. The van der Waals surface area contributed by atoms with Crippen LogP contribution in [0.25, 0.3) is 0 Å². The van der Waals surface area contributed by atoms with Gasteiger partial charge in [0.05, 0.1) is 13.2 Å². The molecule has 0 aromatic carbocycles. The maximum Gasteiger partial charge on any atom is 0.276 e. The van der Waals surface area contributed by atoms with Crippen LogP contribution in [-0.2, 0) is 10.2 Å². The Labute approximate surface area is 144 Å². The smallest absolute Gasteiger partial charge is 0.276 e. The standard InChI is InChI=1S/C18H29N3O3/c1-5-13-11-21(12-15(13)20-6-8-23-9-7-20)17(22)14-10-16(24-19-14)18(2,3)4/h10,13,15H,5-9,11-12H2,1-4H3/t13-,15-/m0/s1. The molecule has 0 aliphatic carbocycles. The predicted octanol–water partition coefficient (Wildman–Crippen LogP) is 2.15. The normalized spacial score (nSPS) is 26.1. The summed E-state index contributed by atoms with van der Waals surface area (Å²) in [6, 6.07) is 2.22. The predicted molar refractivity (Wildman–Crippen MR) is 91.1 cm³/mol. The van der Waals surface area contributed by atoms with Crippen molar-refractivity contribution in [2.45, 2.75) is 45.6 Å². The van der Waals surface area contributed by atoms with Crippen molar-refractivity contribution in [3.63, 3.8) is 0 Å². The van der Waals surface area contributed by atoms with Gasteiger partial charge in [-0.05, 0) is 5.92 Å². The van der Waals surface area contributed by atoms with Crippen molar-refractivity contribution in [2.75, 3.05) is 39.4 Å². The first-order valence-electron chi connectivity index (χ1n) is 8.98. The van der Waals surface area contributed by atoms with Crippen LogP contribution in [0.15, 0.2) is 10.6 Å². The van der Waals surface area contributed by atoms with E-state index in [1.807, 2.05) is 4.90 Å². The molecule has 0 saturated carbocycles. The zero-order chi connectivity index (χ0) is 17.3. The van der Waals surface area contributed by atoms with Crippen molar-refractivity contribution in [3.8, 4) is 0 Å². The maximum absolute atomic E-state index is 12.8. The minimum atomic E-state index is -0.140. The van der Waals surface area contributed by atoms with Crippen molar-refractivity contribution in [2.24, 2.45) is 5.92 Å². The highest BCUT2D eigenvalue weighted by atomic mass is 16.5. The second-order valence-electron chi connectivity index (χ2n) is 7.92. The van der Waals surface area contributed by atoms with Gasteiger partial charge in [-0.1, -0.05) is 39.3 Å². The second-order valence-corrected chi connectivity index (χ2v) is 7.92. The highest BCUT2D eigenvalue weighted by molar-refractivity contribution is 5.92. The van der Waals surface area contributed by atoms with Crippen LogP contribution >= 0.6 is 0 Å². The Morgan fingerprint density at radius 3 is 2.58 bits per heavy atom. The van der Waals surface area contributed by atoms with E-state index in [1.54, 1.807) is 6.07 Å². The third-order valence-corrected chi connectivity index (χ3v) is 5.20. The number of ether oxygens (including phenoxy) is 1. The molecule has 0 unspecified atom stereocenters. The number of rotatable bonds is 3. The van der Waals surface area contributed by atoms with Crippen molar-refractivity contribution in [1.29, 1.82) is 0 Å². The van der Waals surface area contributed by atoms with Gasteiger partial charge in [-0.3, -0.25) is 9.69 Å². The van der Waals surface area contributed by atoms with Crippen LogP contribution in [0.5, 0.6) is 0 Å². The van der Waals surface area contributed by atoms with E-state index in [2.05, 4.69) is 37.8 Å². The first kappa shape index (κ1) is 17.4. The highest BCUT2D eigenvalue weighted by Crippen LogP contribution is 2.28. The van der Waals surface area contributed by atoms with Gasteiger partial charge >= 0.3 is 0 Å². The molecule has 2 aliphatic rings. The summed E-state index contributed by atoms with van der Waals surface area (Å²) in [6.45, 7) is 13.4. The van der Waals surface area contributed by atoms with Crippen LogP contribution in [0.4, 0.5) is 0 Å². The molecule has 0 bridgehead atoms. The summed E-state index contributed by atoms with van der Waals surface area (Å²) in [6.07, 6.45) is 1.08. The third-order valence-electron chi connectivity index (χ3n) is 5.20. The van der Waals surface area contributed by atoms with E-state index in [4.69, 9.17) is 9.26 Å². The average molecular weight is 335 g/mol. The Balaban J connectivity index is 1.70. The molecule has 2 saturated heterocycles. The topological polar surface area (TPSA) is 58.8 Å². The van der Waals surface area contributed by atoms with Crippen LogP contribution in [0.2, 0.25) is 0 Å². The molecule has 3 rings (SSSR count). The van der Waals surface area contributed by atoms with Crippen molar-refractivity contribution < 1.29 is 14.1 Å². The number of hydrogen-bond donors (Lipinski definition) is 0. The quantitative estimate of drug-likeness (QED) is 0.847. The molecule has 2 atom stereocenters. The Bertz CT molecular complexity index is 572. The SMILES string of the molecule is CC[C@H]1CN(C(=O)c2cc(C(C)(C)C)on2)C[C@@H]1N1CCOCC1. The Morgan fingerprint density at radius 2 is 2.00 bits per heavy atom. The largest absolute Gasteiger partial charge is 0.379 e. The molecule has 2 aliphatic heterocycles. The maximum atomic E-state index is 12.8. The molecule has 1 aromatic rings. The summed E-state index contributed by atoms with van der Waals surface area (Å²) in [5.74, 6) is 1.26. The minimum Gasteiger partial charge on any atom is -0.379 e. The fourth-order valence-corrected chi connectivity index (χ4v) is 3.64. The lowest BCUT2D eigenvalue weighted by atomic mass is 9.93. The summed E-state index contributed by atoms with van der Waals surface area (Å²) in [4.78, 5) is 17.3. The van der Waals surface area contributed by atoms with Gasteiger partial charge in [-0.2, -0.15) is 0 Å². The lowest BCUT2D eigenvalue weighted by Gasteiger charge is -2.34. The zero-order valence-corrected chi connectivity index (χ0v) is 15.2. The molecule has 3 heterocycles. The molecular formula is C18H29N3O3. The second kappa shape index (κ2) is 6.84. The summed E-state index contributed by atoms with van der Waals surface area (Å²) in [5.41, 5.74) is 0.288. The molecule has 1 aromatic heterocycles. The van der Waals surface area contributed by atoms with Gasteiger partial charge in [-0.15, -0.1) is 0 Å². The first-order valence-corrected chi connectivity index (χ1v) is 8.98. The molecule has 6 nitrogen and oxygen atoms in total. The molecular weight excluding hydrogens is 306 g/mol. The van der Waals surface area contributed by atoms with Gasteiger partial charge < -0.3 is 14.2 Å². The number of carbonyl (C=O) groups is 1. The van der Waals surface area contributed by atoms with Crippen LogP contribution < -0.4 is 0 Å². The number of carbonyl (C=O) groups excluding carboxylic acids is 1. The number of likely N-dealkylation sites (tertiary alicyclic amines) is 1. The summed E-state index contributed by atoms with van der Waals surface area (Å²) in [5, 5.41) is 4.02. The van der Waals surface area contributed by atoms with Gasteiger partial charge in [0.1, 0.15) is 5.76 Å². The van der Waals surface area contributed by atoms with E-state index in [1.165, 1.54) is 0 Å². The lowest BCUT2D eigenvalue weighted by Crippen LogP contribution is -2.47. The number of morpholine rings is 1. The van der Waals surface area contributed by atoms with Crippen LogP contribution in [0.1, 0.15) is 50.4 Å². The average Bonchev–Trinajstić information content (AvgIpc) is 3.22. The Hall–Kier alpha value is -1.40. The number of amides is 1. The Morgan fingerprint density at radius 1 is 1.29 bits per heavy atom. The van der Waals surface area contributed by atoms with Crippen molar-refractivity contribution >= 4 is 5.91 Å². The minimum absolute atomic E-state index is 0.0107. The Kier molecular flexibility index (Phi) is 4.97. The molecule has 134 valence electrons. The number of aromatic nitrogens is 1. The van der Waals surface area contributed by atoms with E-state index in [0.717, 1.165) is 51.6 Å². The third kappa shape index (κ3) is 3.49. The van der Waals surface area contributed by atoms with Crippen LogP contribution in [0, 0.1) is 5.92 Å². The molecule has 2 fully saturated rings. The molecule has 24 heavy (non-hydrogen) atoms. The summed E-state index contributed by atoms with van der Waals surface area (Å²) in [7, 11) is 0. The first-order chi connectivity index (χ1) is 11.4. The zero-order valence-electron chi connectivity index (χ0n) is 15.2. The van der Waals surface area contributed by atoms with Gasteiger partial charge in [0.2, 0.25) is 0 Å². The van der Waals surface area contributed by atoms with Gasteiger partial charge in [-0.25, -0.2) is 0 Å². The van der Waals surface area contributed by atoms with Gasteiger partial charge in [0.15, 0.2) is 5.69 Å². The number of nitrogens with zero attached hydrogens (tertiary/aromatic N) is 3. The van der Waals surface area contributed by atoms with E-state index in [0.29, 0.717) is 17.7 Å². The van der Waals surface area contributed by atoms with E-state index >= 15 is 0 Å². The summed E-state index contributed by atoms with van der Waals surface area (Å²) < 4.78 is 10.8.